The molecule has 0 saturated heterocycles. The van der Waals surface area contributed by atoms with E-state index in [1.165, 1.54) is 5.56 Å². The van der Waals surface area contributed by atoms with E-state index in [9.17, 15) is 13.5 Å². The van der Waals surface area contributed by atoms with E-state index in [4.69, 9.17) is 9.32 Å². The van der Waals surface area contributed by atoms with Crippen LogP contribution in [0.3, 0.4) is 0 Å². The Morgan fingerprint density at radius 1 is 1.28 bits per heavy atom. The van der Waals surface area contributed by atoms with Gasteiger partial charge in [-0.2, -0.15) is 13.6 Å². The van der Waals surface area contributed by atoms with Crippen molar-refractivity contribution in [1.29, 1.82) is 0 Å². The lowest BCUT2D eigenvalue weighted by Crippen LogP contribution is -2.43. The summed E-state index contributed by atoms with van der Waals surface area (Å²) in [5, 5.41) is 15.5. The van der Waals surface area contributed by atoms with Crippen LogP contribution in [0.4, 0.5) is 0 Å². The molecule has 0 amide bonds. The molecule has 3 aliphatic carbocycles. The van der Waals surface area contributed by atoms with Crippen molar-refractivity contribution >= 4 is 26.2 Å². The highest BCUT2D eigenvalue weighted by atomic mass is 79.9. The van der Waals surface area contributed by atoms with E-state index in [2.05, 4.69) is 22.9 Å². The summed E-state index contributed by atoms with van der Waals surface area (Å²) in [5.41, 5.74) is 2.52. The molecular weight excluding hydrogens is 406 g/mol. The lowest BCUT2D eigenvalue weighted by molar-refractivity contribution is -0.0226. The highest BCUT2D eigenvalue weighted by Gasteiger charge is 2.54. The average Bonchev–Trinajstić information content (AvgIpc) is 2.82. The molecule has 0 aromatic heterocycles. The quantitative estimate of drug-likeness (QED) is 0.754. The van der Waals surface area contributed by atoms with Crippen molar-refractivity contribution in [2.24, 2.45) is 22.4 Å². The summed E-state index contributed by atoms with van der Waals surface area (Å²) < 4.78 is 28.0. The van der Waals surface area contributed by atoms with Crippen molar-refractivity contribution in [2.75, 3.05) is 0 Å². The first kappa shape index (κ1) is 17.8. The summed E-state index contributed by atoms with van der Waals surface area (Å²) in [6.45, 7) is 2.26. The largest absolute Gasteiger partial charge is 0.393 e. The molecule has 2 fully saturated rings. The van der Waals surface area contributed by atoms with Crippen molar-refractivity contribution in [3.05, 3.63) is 27.7 Å². The molecule has 0 bridgehead atoms. The van der Waals surface area contributed by atoms with Crippen molar-refractivity contribution < 1.29 is 17.7 Å². The summed E-state index contributed by atoms with van der Waals surface area (Å²) in [5.74, 6) is 1.91. The van der Waals surface area contributed by atoms with E-state index in [0.717, 1.165) is 44.1 Å². The monoisotopic (exact) mass is 429 g/mol. The van der Waals surface area contributed by atoms with E-state index in [-0.39, 0.29) is 17.3 Å². The molecule has 1 aromatic carbocycles. The first-order valence-electron chi connectivity index (χ1n) is 8.91. The van der Waals surface area contributed by atoms with Gasteiger partial charge in [0.25, 0.3) is 0 Å². The topological polar surface area (TPSA) is 89.6 Å². The second-order valence-corrected chi connectivity index (χ2v) is 10.1. The summed E-state index contributed by atoms with van der Waals surface area (Å²) >= 11 is 3.44. The molecule has 7 heteroatoms. The molecule has 0 unspecified atom stereocenters. The zero-order valence-corrected chi connectivity index (χ0v) is 16.6. The fourth-order valence-corrected chi connectivity index (χ4v) is 6.67. The van der Waals surface area contributed by atoms with Crippen LogP contribution in [0.25, 0.3) is 0 Å². The van der Waals surface area contributed by atoms with Gasteiger partial charge < -0.3 is 9.29 Å². The van der Waals surface area contributed by atoms with E-state index in [1.807, 2.05) is 12.1 Å². The van der Waals surface area contributed by atoms with Gasteiger partial charge in [-0.15, -0.1) is 0 Å². The number of aliphatic hydroxyl groups excluding tert-OH is 1. The Kier molecular flexibility index (Phi) is 4.22. The number of rotatable bonds is 2. The third-order valence-corrected chi connectivity index (χ3v) is 7.96. The second-order valence-electron chi connectivity index (χ2n) is 8.11. The maximum absolute atomic E-state index is 11.3. The van der Waals surface area contributed by atoms with Crippen molar-refractivity contribution in [1.82, 2.24) is 0 Å². The Labute approximate surface area is 157 Å². The maximum Gasteiger partial charge on any atom is 0.380 e. The summed E-state index contributed by atoms with van der Waals surface area (Å²) in [4.78, 5) is 0. The van der Waals surface area contributed by atoms with Gasteiger partial charge in [-0.1, -0.05) is 6.92 Å². The number of aryl methyl sites for hydroxylation is 1. The Morgan fingerprint density at radius 2 is 2.04 bits per heavy atom. The van der Waals surface area contributed by atoms with Crippen LogP contribution in [0.5, 0.6) is 5.75 Å². The zero-order valence-electron chi connectivity index (χ0n) is 14.2. The SMILES string of the molecule is C[C@]12CC[C@@H]3c4cc(Br)c(OS(N)(=O)=O)cc4CC[C@H]3[C@@H]1CC[C@@H]2O. The van der Waals surface area contributed by atoms with E-state index < -0.39 is 10.3 Å². The van der Waals surface area contributed by atoms with E-state index >= 15 is 0 Å². The molecule has 0 spiro atoms. The number of nitrogens with two attached hydrogens (primary N) is 1. The van der Waals surface area contributed by atoms with Gasteiger partial charge in [-0.25, -0.2) is 0 Å². The third kappa shape index (κ3) is 2.93. The van der Waals surface area contributed by atoms with Gasteiger partial charge in [0.15, 0.2) is 5.75 Å². The standard InChI is InChI=1S/C18H24BrNO4S/c1-18-7-6-11-12(14(18)4-5-17(18)21)3-2-10-8-16(24-25(20,22)23)15(19)9-13(10)11/h8-9,11-12,14,17,21H,2-7H2,1H3,(H2,20,22,23)/t11-,12+,14-,17-,18-/m0/s1. The minimum Gasteiger partial charge on any atom is -0.393 e. The summed E-state index contributed by atoms with van der Waals surface area (Å²) in [7, 11) is -4.03. The number of benzene rings is 1. The smallest absolute Gasteiger partial charge is 0.380 e. The lowest BCUT2D eigenvalue weighted by Gasteiger charge is -2.50. The molecule has 2 saturated carbocycles. The molecule has 0 radical (unpaired) electrons. The number of hydrogen-bond donors (Lipinski definition) is 2. The van der Waals surface area contributed by atoms with Crippen LogP contribution in [0, 0.1) is 17.3 Å². The molecule has 0 heterocycles. The summed E-state index contributed by atoms with van der Waals surface area (Å²) in [6.07, 6.45) is 5.98. The van der Waals surface area contributed by atoms with Gasteiger partial charge in [0.2, 0.25) is 0 Å². The molecule has 0 aliphatic heterocycles. The summed E-state index contributed by atoms with van der Waals surface area (Å²) in [6, 6.07) is 3.83. The second kappa shape index (κ2) is 5.94. The fourth-order valence-electron chi connectivity index (χ4n) is 5.73. The molecular formula is C18H24BrNO4S. The van der Waals surface area contributed by atoms with Gasteiger partial charge in [0, 0.05) is 0 Å². The Morgan fingerprint density at radius 3 is 2.76 bits per heavy atom. The normalized spacial score (nSPS) is 37.1. The van der Waals surface area contributed by atoms with Crippen molar-refractivity contribution in [3.8, 4) is 5.75 Å². The fraction of sp³-hybridized carbons (Fsp3) is 0.667. The van der Waals surface area contributed by atoms with Crippen LogP contribution < -0.4 is 9.32 Å². The number of halogens is 1. The van der Waals surface area contributed by atoms with E-state index in [0.29, 0.717) is 22.2 Å². The number of aliphatic hydroxyl groups is 1. The molecule has 1 aromatic rings. The van der Waals surface area contributed by atoms with Gasteiger partial charge in [-0.3, -0.25) is 0 Å². The first-order valence-corrected chi connectivity index (χ1v) is 11.2. The van der Waals surface area contributed by atoms with Crippen LogP contribution in [-0.4, -0.2) is 19.6 Å². The minimum atomic E-state index is -4.03. The van der Waals surface area contributed by atoms with Crippen LogP contribution in [0.2, 0.25) is 0 Å². The average molecular weight is 430 g/mol. The predicted octanol–water partition coefficient (Wildman–Crippen LogP) is 3.25. The Hall–Kier alpha value is -0.630. The molecule has 138 valence electrons. The van der Waals surface area contributed by atoms with Crippen LogP contribution in [-0.2, 0) is 16.7 Å². The molecule has 4 rings (SSSR count). The first-order chi connectivity index (χ1) is 11.7. The van der Waals surface area contributed by atoms with E-state index in [1.54, 1.807) is 0 Å². The molecule has 3 aliphatic rings. The zero-order chi connectivity index (χ0) is 18.0. The lowest BCUT2D eigenvalue weighted by atomic mass is 9.55. The van der Waals surface area contributed by atoms with Gasteiger partial charge in [-0.05, 0) is 101 Å². The van der Waals surface area contributed by atoms with Crippen molar-refractivity contribution in [3.63, 3.8) is 0 Å². The van der Waals surface area contributed by atoms with Gasteiger partial charge >= 0.3 is 10.3 Å². The highest BCUT2D eigenvalue weighted by molar-refractivity contribution is 9.10. The highest BCUT2D eigenvalue weighted by Crippen LogP contribution is 2.61. The Balaban J connectivity index is 1.68. The molecule has 25 heavy (non-hydrogen) atoms. The third-order valence-electron chi connectivity index (χ3n) is 6.93. The maximum atomic E-state index is 11.3. The minimum absolute atomic E-state index is 0.0621. The molecule has 3 N–H and O–H groups in total. The predicted molar refractivity (Wildman–Crippen MR) is 98.5 cm³/mol. The number of hydrogen-bond acceptors (Lipinski definition) is 4. The van der Waals surface area contributed by atoms with Gasteiger partial charge in [0.05, 0.1) is 10.6 Å². The molecule has 5 atom stereocenters. The Bertz CT molecular complexity index is 812. The van der Waals surface area contributed by atoms with Crippen LogP contribution in [0.1, 0.15) is 56.1 Å². The van der Waals surface area contributed by atoms with Crippen molar-refractivity contribution in [2.45, 2.75) is 57.5 Å². The van der Waals surface area contributed by atoms with Gasteiger partial charge in [0.1, 0.15) is 0 Å². The van der Waals surface area contributed by atoms with Crippen LogP contribution >= 0.6 is 15.9 Å². The molecule has 5 nitrogen and oxygen atoms in total. The van der Waals surface area contributed by atoms with Crippen LogP contribution in [0.15, 0.2) is 16.6 Å². The number of fused-ring (bicyclic) bond motifs is 5.